The maximum absolute atomic E-state index is 15.2. The molecule has 0 bridgehead atoms. The van der Waals surface area contributed by atoms with Crippen LogP contribution in [0.1, 0.15) is 33.7 Å². The van der Waals surface area contributed by atoms with Crippen molar-refractivity contribution in [3.63, 3.8) is 0 Å². The highest BCUT2D eigenvalue weighted by Gasteiger charge is 2.56. The van der Waals surface area contributed by atoms with E-state index in [1.165, 1.54) is 0 Å². The summed E-state index contributed by atoms with van der Waals surface area (Å²) in [7, 11) is 0. The standard InChI is InChI=1S/C35H26O/c36-34-32(27-18-8-2-9-19-27)31(26-16-6-1-7-17-26)33(28-20-10-3-11-21-28)35(34,29-22-12-4-13-23-29)30-24-14-5-15-25-30/h1-25,32H. The van der Waals surface area contributed by atoms with E-state index in [9.17, 15) is 0 Å². The van der Waals surface area contributed by atoms with Crippen molar-refractivity contribution in [2.45, 2.75) is 11.3 Å². The molecule has 1 atom stereocenters. The average Bonchev–Trinajstić information content (AvgIpc) is 3.25. The zero-order valence-corrected chi connectivity index (χ0v) is 19.9. The SMILES string of the molecule is O=C1C(c2ccccc2)C(c2ccccc2)=C(c2ccccc2)C1(c1ccccc1)c1ccccc1. The second kappa shape index (κ2) is 9.28. The number of carbonyl (C=O) groups is 1. The Morgan fingerprint density at radius 1 is 0.444 bits per heavy atom. The van der Waals surface area contributed by atoms with Gasteiger partial charge in [0.25, 0.3) is 0 Å². The van der Waals surface area contributed by atoms with E-state index in [-0.39, 0.29) is 5.78 Å². The minimum Gasteiger partial charge on any atom is -0.297 e. The molecule has 5 aromatic rings. The predicted octanol–water partition coefficient (Wildman–Crippen LogP) is 7.95. The molecule has 0 N–H and O–H groups in total. The molecule has 36 heavy (non-hydrogen) atoms. The normalized spacial score (nSPS) is 16.8. The lowest BCUT2D eigenvalue weighted by Gasteiger charge is -2.33. The third kappa shape index (κ3) is 3.44. The molecule has 1 heteroatoms. The second-order valence-corrected chi connectivity index (χ2v) is 9.21. The lowest BCUT2D eigenvalue weighted by Crippen LogP contribution is -2.37. The molecule has 0 amide bonds. The monoisotopic (exact) mass is 462 g/mol. The number of rotatable bonds is 5. The van der Waals surface area contributed by atoms with Gasteiger partial charge in [0, 0.05) is 0 Å². The van der Waals surface area contributed by atoms with Crippen molar-refractivity contribution >= 4 is 16.9 Å². The topological polar surface area (TPSA) is 17.1 Å². The van der Waals surface area contributed by atoms with Crippen LogP contribution in [0.5, 0.6) is 0 Å². The molecule has 1 aliphatic carbocycles. The van der Waals surface area contributed by atoms with Gasteiger partial charge in [-0.05, 0) is 39.0 Å². The smallest absolute Gasteiger partial charge is 0.164 e. The lowest BCUT2D eigenvalue weighted by molar-refractivity contribution is -0.121. The quantitative estimate of drug-likeness (QED) is 0.259. The van der Waals surface area contributed by atoms with E-state index in [2.05, 4.69) is 84.9 Å². The van der Waals surface area contributed by atoms with Gasteiger partial charge in [0.15, 0.2) is 5.78 Å². The van der Waals surface area contributed by atoms with E-state index in [0.717, 1.165) is 39.0 Å². The van der Waals surface area contributed by atoms with Crippen molar-refractivity contribution in [2.75, 3.05) is 0 Å². The highest BCUT2D eigenvalue weighted by Crippen LogP contribution is 2.59. The summed E-state index contributed by atoms with van der Waals surface area (Å²) in [6.45, 7) is 0. The highest BCUT2D eigenvalue weighted by atomic mass is 16.1. The summed E-state index contributed by atoms with van der Waals surface area (Å²) in [4.78, 5) is 15.2. The first-order valence-corrected chi connectivity index (χ1v) is 12.4. The molecule has 0 fully saturated rings. The van der Waals surface area contributed by atoms with Gasteiger partial charge < -0.3 is 0 Å². The predicted molar refractivity (Wildman–Crippen MR) is 148 cm³/mol. The van der Waals surface area contributed by atoms with Crippen LogP contribution in [0, 0.1) is 0 Å². The van der Waals surface area contributed by atoms with Gasteiger partial charge in [-0.3, -0.25) is 4.79 Å². The molecule has 0 radical (unpaired) electrons. The highest BCUT2D eigenvalue weighted by molar-refractivity contribution is 6.26. The Morgan fingerprint density at radius 2 is 0.833 bits per heavy atom. The maximum atomic E-state index is 15.2. The zero-order chi connectivity index (χ0) is 24.4. The fourth-order valence-corrected chi connectivity index (χ4v) is 5.80. The molecular weight excluding hydrogens is 436 g/mol. The van der Waals surface area contributed by atoms with Crippen LogP contribution < -0.4 is 0 Å². The van der Waals surface area contributed by atoms with Crippen molar-refractivity contribution < 1.29 is 4.79 Å². The molecule has 0 aliphatic heterocycles. The van der Waals surface area contributed by atoms with Crippen LogP contribution in [0.2, 0.25) is 0 Å². The molecule has 0 spiro atoms. The fourth-order valence-electron chi connectivity index (χ4n) is 5.80. The van der Waals surface area contributed by atoms with Gasteiger partial charge in [0.05, 0.1) is 5.92 Å². The first-order chi connectivity index (χ1) is 17.8. The Morgan fingerprint density at radius 3 is 1.31 bits per heavy atom. The molecule has 172 valence electrons. The second-order valence-electron chi connectivity index (χ2n) is 9.21. The lowest BCUT2D eigenvalue weighted by atomic mass is 9.66. The molecule has 0 heterocycles. The molecule has 0 aromatic heterocycles. The minimum absolute atomic E-state index is 0.184. The summed E-state index contributed by atoms with van der Waals surface area (Å²) in [5.41, 5.74) is 6.33. The number of carbonyl (C=O) groups excluding carboxylic acids is 1. The number of hydrogen-bond acceptors (Lipinski definition) is 1. The maximum Gasteiger partial charge on any atom is 0.164 e. The van der Waals surface area contributed by atoms with Gasteiger partial charge >= 0.3 is 0 Å². The van der Waals surface area contributed by atoms with Gasteiger partial charge in [-0.15, -0.1) is 0 Å². The summed E-state index contributed by atoms with van der Waals surface area (Å²) in [5.74, 6) is -0.215. The van der Waals surface area contributed by atoms with Crippen LogP contribution in [0.25, 0.3) is 11.1 Å². The molecule has 5 aromatic carbocycles. The van der Waals surface area contributed by atoms with Crippen molar-refractivity contribution in [3.05, 3.63) is 179 Å². The summed E-state index contributed by atoms with van der Waals surface area (Å²) < 4.78 is 0. The van der Waals surface area contributed by atoms with E-state index in [1.54, 1.807) is 0 Å². The van der Waals surface area contributed by atoms with E-state index < -0.39 is 11.3 Å². The molecule has 1 nitrogen and oxygen atoms in total. The Balaban J connectivity index is 1.81. The number of hydrogen-bond donors (Lipinski definition) is 0. The number of benzene rings is 5. The zero-order valence-electron chi connectivity index (χ0n) is 19.9. The number of allylic oxidation sites excluding steroid dienone is 2. The summed E-state index contributed by atoms with van der Waals surface area (Å²) in [6.07, 6.45) is 0. The van der Waals surface area contributed by atoms with E-state index >= 15 is 4.79 Å². The summed E-state index contributed by atoms with van der Waals surface area (Å²) in [6, 6.07) is 51.6. The van der Waals surface area contributed by atoms with E-state index in [1.807, 2.05) is 66.7 Å². The Kier molecular flexibility index (Phi) is 5.67. The fraction of sp³-hybridized carbons (Fsp3) is 0.0571. The van der Waals surface area contributed by atoms with Crippen LogP contribution in [0.3, 0.4) is 0 Å². The third-order valence-corrected chi connectivity index (χ3v) is 7.26. The van der Waals surface area contributed by atoms with Crippen LogP contribution in [-0.2, 0) is 10.2 Å². The van der Waals surface area contributed by atoms with Crippen molar-refractivity contribution in [2.24, 2.45) is 0 Å². The van der Waals surface area contributed by atoms with E-state index in [0.29, 0.717) is 0 Å². The number of ketones is 1. The van der Waals surface area contributed by atoms with Crippen molar-refractivity contribution in [3.8, 4) is 0 Å². The third-order valence-electron chi connectivity index (χ3n) is 7.26. The van der Waals surface area contributed by atoms with Crippen LogP contribution in [0.15, 0.2) is 152 Å². The molecule has 6 rings (SSSR count). The Hall–Kier alpha value is -4.49. The van der Waals surface area contributed by atoms with Gasteiger partial charge in [0.2, 0.25) is 0 Å². The average molecular weight is 463 g/mol. The van der Waals surface area contributed by atoms with Gasteiger partial charge in [0.1, 0.15) is 5.41 Å². The molecule has 1 aliphatic rings. The van der Waals surface area contributed by atoms with E-state index in [4.69, 9.17) is 0 Å². The van der Waals surface area contributed by atoms with Crippen LogP contribution in [-0.4, -0.2) is 5.78 Å². The van der Waals surface area contributed by atoms with Crippen LogP contribution in [0.4, 0.5) is 0 Å². The Labute approximate surface area is 212 Å². The molecule has 1 unspecified atom stereocenters. The first-order valence-electron chi connectivity index (χ1n) is 12.4. The Bertz CT molecular complexity index is 1460. The van der Waals surface area contributed by atoms with Gasteiger partial charge in [-0.25, -0.2) is 0 Å². The summed E-state index contributed by atoms with van der Waals surface area (Å²) >= 11 is 0. The summed E-state index contributed by atoms with van der Waals surface area (Å²) in [5, 5.41) is 0. The van der Waals surface area contributed by atoms with Gasteiger partial charge in [-0.2, -0.15) is 0 Å². The number of Topliss-reactive ketones (excluding diaryl/α,β-unsaturated/α-hetero) is 1. The molecular formula is C35H26O. The van der Waals surface area contributed by atoms with Gasteiger partial charge in [-0.1, -0.05) is 152 Å². The molecule has 0 saturated heterocycles. The first kappa shape index (κ1) is 22.0. The van der Waals surface area contributed by atoms with Crippen LogP contribution >= 0.6 is 0 Å². The molecule has 0 saturated carbocycles. The minimum atomic E-state index is -0.949. The van der Waals surface area contributed by atoms with Crippen molar-refractivity contribution in [1.29, 1.82) is 0 Å². The largest absolute Gasteiger partial charge is 0.297 e. The van der Waals surface area contributed by atoms with Crippen molar-refractivity contribution in [1.82, 2.24) is 0 Å².